The van der Waals surface area contributed by atoms with Crippen LogP contribution in [0, 0.1) is 0 Å². The van der Waals surface area contributed by atoms with E-state index in [1.165, 1.54) is 0 Å². The summed E-state index contributed by atoms with van der Waals surface area (Å²) in [5.74, 6) is 0.0294. The molecular weight excluding hydrogens is 176 g/mol. The maximum atomic E-state index is 11.5. The lowest BCUT2D eigenvalue weighted by atomic mass is 9.92. The number of amides is 1. The molecule has 0 saturated heterocycles. The summed E-state index contributed by atoms with van der Waals surface area (Å²) in [5, 5.41) is 2.83. The number of hydrogen-bond acceptors (Lipinski definition) is 1. The van der Waals surface area contributed by atoms with E-state index in [2.05, 4.69) is 37.1 Å². The van der Waals surface area contributed by atoms with Gasteiger partial charge in [0, 0.05) is 17.7 Å². The Labute approximate surface area is 83.9 Å². The molecule has 3 nitrogen and oxygen atoms in total. The standard InChI is InChI=1S/C11H16N2O/c1-11(2,3)8-6-7-4-5-12-10(14)9(7)13-8/h6,13H,4-5H2,1-3H3,(H,12,14). The van der Waals surface area contributed by atoms with Crippen LogP contribution >= 0.6 is 0 Å². The Hall–Kier alpha value is -1.25. The van der Waals surface area contributed by atoms with Gasteiger partial charge in [0.05, 0.1) is 0 Å². The lowest BCUT2D eigenvalue weighted by molar-refractivity contribution is 0.0941. The van der Waals surface area contributed by atoms with Crippen LogP contribution < -0.4 is 5.32 Å². The van der Waals surface area contributed by atoms with Crippen LogP contribution in [0.1, 0.15) is 42.5 Å². The molecule has 1 aromatic heterocycles. The first-order valence-electron chi connectivity index (χ1n) is 4.99. The molecule has 2 heterocycles. The van der Waals surface area contributed by atoms with E-state index in [1.54, 1.807) is 0 Å². The van der Waals surface area contributed by atoms with Crippen molar-refractivity contribution in [1.29, 1.82) is 0 Å². The van der Waals surface area contributed by atoms with Gasteiger partial charge >= 0.3 is 0 Å². The summed E-state index contributed by atoms with van der Waals surface area (Å²) in [6, 6.07) is 2.12. The highest BCUT2D eigenvalue weighted by Crippen LogP contribution is 2.25. The lowest BCUT2D eigenvalue weighted by Gasteiger charge is -2.15. The highest BCUT2D eigenvalue weighted by Gasteiger charge is 2.23. The lowest BCUT2D eigenvalue weighted by Crippen LogP contribution is -2.31. The molecule has 0 unspecified atom stereocenters. The van der Waals surface area contributed by atoms with Gasteiger partial charge in [-0.3, -0.25) is 4.79 Å². The van der Waals surface area contributed by atoms with Crippen molar-refractivity contribution >= 4 is 5.91 Å². The van der Waals surface area contributed by atoms with E-state index in [0.29, 0.717) is 0 Å². The predicted molar refractivity (Wildman–Crippen MR) is 55.5 cm³/mol. The smallest absolute Gasteiger partial charge is 0.267 e. The maximum Gasteiger partial charge on any atom is 0.267 e. The molecule has 0 bridgehead atoms. The number of H-pyrrole nitrogens is 1. The molecule has 0 aliphatic carbocycles. The molecule has 76 valence electrons. The average Bonchev–Trinajstić information content (AvgIpc) is 2.48. The molecule has 2 rings (SSSR count). The zero-order valence-corrected chi connectivity index (χ0v) is 8.90. The molecule has 0 fully saturated rings. The topological polar surface area (TPSA) is 44.9 Å². The van der Waals surface area contributed by atoms with Crippen molar-refractivity contribution in [3.8, 4) is 0 Å². The van der Waals surface area contributed by atoms with E-state index < -0.39 is 0 Å². The second-order valence-corrected chi connectivity index (χ2v) is 4.84. The van der Waals surface area contributed by atoms with Crippen molar-refractivity contribution in [2.75, 3.05) is 6.54 Å². The Morgan fingerprint density at radius 3 is 2.64 bits per heavy atom. The summed E-state index contributed by atoms with van der Waals surface area (Å²) in [4.78, 5) is 14.7. The third kappa shape index (κ3) is 1.43. The van der Waals surface area contributed by atoms with Gasteiger partial charge in [0.2, 0.25) is 0 Å². The molecule has 0 saturated carbocycles. The van der Waals surface area contributed by atoms with Crippen molar-refractivity contribution < 1.29 is 4.79 Å². The van der Waals surface area contributed by atoms with Crippen molar-refractivity contribution in [2.45, 2.75) is 32.6 Å². The SMILES string of the molecule is CC(C)(C)c1cc2c([nH]1)C(=O)NCC2. The quantitative estimate of drug-likeness (QED) is 0.644. The van der Waals surface area contributed by atoms with Gasteiger partial charge in [-0.25, -0.2) is 0 Å². The maximum absolute atomic E-state index is 11.5. The van der Waals surface area contributed by atoms with E-state index in [-0.39, 0.29) is 11.3 Å². The van der Waals surface area contributed by atoms with Gasteiger partial charge in [-0.2, -0.15) is 0 Å². The molecular formula is C11H16N2O. The molecule has 1 amide bonds. The number of nitrogens with one attached hydrogen (secondary N) is 2. The fourth-order valence-electron chi connectivity index (χ4n) is 1.70. The number of carbonyl (C=O) groups is 1. The molecule has 0 spiro atoms. The van der Waals surface area contributed by atoms with E-state index in [4.69, 9.17) is 0 Å². The van der Waals surface area contributed by atoms with E-state index in [1.807, 2.05) is 0 Å². The van der Waals surface area contributed by atoms with Crippen LogP contribution in [-0.4, -0.2) is 17.4 Å². The van der Waals surface area contributed by atoms with Gasteiger partial charge in [0.15, 0.2) is 0 Å². The summed E-state index contributed by atoms with van der Waals surface area (Å²) in [5.41, 5.74) is 3.12. The number of fused-ring (bicyclic) bond motifs is 1. The monoisotopic (exact) mass is 192 g/mol. The average molecular weight is 192 g/mol. The summed E-state index contributed by atoms with van der Waals surface area (Å²) in [6.45, 7) is 7.18. The number of rotatable bonds is 0. The minimum atomic E-state index is 0.0294. The molecule has 1 aliphatic rings. The first kappa shape index (κ1) is 9.31. The molecule has 14 heavy (non-hydrogen) atoms. The minimum absolute atomic E-state index is 0.0294. The van der Waals surface area contributed by atoms with Crippen molar-refractivity contribution in [1.82, 2.24) is 10.3 Å². The van der Waals surface area contributed by atoms with Crippen LogP contribution in [-0.2, 0) is 11.8 Å². The number of aromatic amines is 1. The van der Waals surface area contributed by atoms with Crippen molar-refractivity contribution in [3.05, 3.63) is 23.0 Å². The molecule has 0 aromatic carbocycles. The highest BCUT2D eigenvalue weighted by molar-refractivity contribution is 5.95. The van der Waals surface area contributed by atoms with Gasteiger partial charge in [-0.1, -0.05) is 20.8 Å². The number of carbonyl (C=O) groups excluding carboxylic acids is 1. The van der Waals surface area contributed by atoms with E-state index in [9.17, 15) is 4.79 Å². The summed E-state index contributed by atoms with van der Waals surface area (Å²) >= 11 is 0. The Kier molecular flexibility index (Phi) is 1.91. The fraction of sp³-hybridized carbons (Fsp3) is 0.545. The molecule has 0 atom stereocenters. The molecule has 2 N–H and O–H groups in total. The summed E-state index contributed by atoms with van der Waals surface area (Å²) in [6.07, 6.45) is 0.938. The zero-order valence-electron chi connectivity index (χ0n) is 8.90. The minimum Gasteiger partial charge on any atom is -0.354 e. The van der Waals surface area contributed by atoms with Gasteiger partial charge < -0.3 is 10.3 Å². The van der Waals surface area contributed by atoms with Crippen LogP contribution in [0.25, 0.3) is 0 Å². The first-order valence-corrected chi connectivity index (χ1v) is 4.99. The summed E-state index contributed by atoms with van der Waals surface area (Å²) in [7, 11) is 0. The number of aromatic nitrogens is 1. The van der Waals surface area contributed by atoms with Crippen molar-refractivity contribution in [3.63, 3.8) is 0 Å². The second-order valence-electron chi connectivity index (χ2n) is 4.84. The van der Waals surface area contributed by atoms with Crippen molar-refractivity contribution in [2.24, 2.45) is 0 Å². The Balaban J connectivity index is 2.45. The predicted octanol–water partition coefficient (Wildman–Crippen LogP) is 1.60. The Bertz CT molecular complexity index is 371. The Morgan fingerprint density at radius 1 is 1.36 bits per heavy atom. The van der Waals surface area contributed by atoms with Crippen LogP contribution in [0.4, 0.5) is 0 Å². The molecule has 3 heteroatoms. The normalized spacial score (nSPS) is 16.4. The van der Waals surface area contributed by atoms with Gasteiger partial charge in [0.25, 0.3) is 5.91 Å². The highest BCUT2D eigenvalue weighted by atomic mass is 16.1. The molecule has 1 aliphatic heterocycles. The van der Waals surface area contributed by atoms with Crippen LogP contribution in [0.3, 0.4) is 0 Å². The zero-order chi connectivity index (χ0) is 10.3. The van der Waals surface area contributed by atoms with Crippen LogP contribution in [0.15, 0.2) is 6.07 Å². The third-order valence-electron chi connectivity index (χ3n) is 2.61. The largest absolute Gasteiger partial charge is 0.354 e. The molecule has 1 aromatic rings. The number of hydrogen-bond donors (Lipinski definition) is 2. The third-order valence-corrected chi connectivity index (χ3v) is 2.61. The fourth-order valence-corrected chi connectivity index (χ4v) is 1.70. The van der Waals surface area contributed by atoms with Gasteiger partial charge in [-0.15, -0.1) is 0 Å². The van der Waals surface area contributed by atoms with Gasteiger partial charge in [0.1, 0.15) is 5.69 Å². The summed E-state index contributed by atoms with van der Waals surface area (Å²) < 4.78 is 0. The van der Waals surface area contributed by atoms with E-state index >= 15 is 0 Å². The first-order chi connectivity index (χ1) is 6.48. The second kappa shape index (κ2) is 2.87. The molecule has 0 radical (unpaired) electrons. The Morgan fingerprint density at radius 2 is 2.07 bits per heavy atom. The van der Waals surface area contributed by atoms with Gasteiger partial charge in [-0.05, 0) is 18.1 Å². The van der Waals surface area contributed by atoms with Crippen LogP contribution in [0.5, 0.6) is 0 Å². The van der Waals surface area contributed by atoms with E-state index in [0.717, 1.165) is 29.9 Å². The van der Waals surface area contributed by atoms with Crippen LogP contribution in [0.2, 0.25) is 0 Å².